The summed E-state index contributed by atoms with van der Waals surface area (Å²) >= 11 is 0. The average Bonchev–Trinajstić information content (AvgIpc) is 2.92. The number of anilines is 1. The Morgan fingerprint density at radius 2 is 1.76 bits per heavy atom. The molecule has 1 aromatic carbocycles. The van der Waals surface area contributed by atoms with Gasteiger partial charge in [-0.2, -0.15) is 0 Å². The van der Waals surface area contributed by atoms with Gasteiger partial charge in [-0.1, -0.05) is 0 Å². The molecule has 0 saturated carbocycles. The molecule has 2 fully saturated rings. The van der Waals surface area contributed by atoms with Crippen LogP contribution in [-0.4, -0.2) is 41.7 Å². The lowest BCUT2D eigenvalue weighted by molar-refractivity contribution is -0.147. The molecule has 2 saturated heterocycles. The smallest absolute Gasteiger partial charge is 0.341 e. The van der Waals surface area contributed by atoms with E-state index in [4.69, 9.17) is 14.6 Å². The van der Waals surface area contributed by atoms with Crippen molar-refractivity contribution in [1.29, 1.82) is 0 Å². The molecule has 2 atom stereocenters. The number of carbonyl (C=O) groups excluding carboxylic acids is 2. The highest BCUT2D eigenvalue weighted by atomic mass is 16.5. The van der Waals surface area contributed by atoms with Crippen LogP contribution >= 0.6 is 0 Å². The van der Waals surface area contributed by atoms with E-state index < -0.39 is 24.8 Å². The predicted molar refractivity (Wildman–Crippen MR) is 70.0 cm³/mol. The summed E-state index contributed by atoms with van der Waals surface area (Å²) in [4.78, 5) is 35.9. The molecular formula is C14H13NO6. The highest BCUT2D eigenvalue weighted by Crippen LogP contribution is 2.32. The summed E-state index contributed by atoms with van der Waals surface area (Å²) in [6.07, 6.45) is 0.0307. The largest absolute Gasteiger partial charge is 0.482 e. The summed E-state index contributed by atoms with van der Waals surface area (Å²) in [6, 6.07) is 6.15. The monoisotopic (exact) mass is 291 g/mol. The van der Waals surface area contributed by atoms with E-state index in [9.17, 15) is 14.4 Å². The summed E-state index contributed by atoms with van der Waals surface area (Å²) in [5.41, 5.74) is 0.438. The van der Waals surface area contributed by atoms with Gasteiger partial charge in [0.15, 0.2) is 6.61 Å². The molecule has 0 aliphatic carbocycles. The zero-order chi connectivity index (χ0) is 15.0. The van der Waals surface area contributed by atoms with Gasteiger partial charge in [0, 0.05) is 0 Å². The summed E-state index contributed by atoms with van der Waals surface area (Å²) in [6.45, 7) is -0.446. The minimum absolute atomic E-state index is 0.354. The van der Waals surface area contributed by atoms with Crippen molar-refractivity contribution in [2.45, 2.75) is 25.0 Å². The van der Waals surface area contributed by atoms with Gasteiger partial charge in [-0.15, -0.1) is 0 Å². The van der Waals surface area contributed by atoms with Crippen LogP contribution in [0.1, 0.15) is 12.8 Å². The van der Waals surface area contributed by atoms with Gasteiger partial charge < -0.3 is 14.6 Å². The molecule has 2 aliphatic heterocycles. The maximum atomic E-state index is 12.2. The Labute approximate surface area is 120 Å². The second kappa shape index (κ2) is 5.17. The number of carbonyl (C=O) groups is 3. The summed E-state index contributed by atoms with van der Waals surface area (Å²) in [5.74, 6) is -1.42. The molecule has 1 N–H and O–H groups in total. The molecule has 2 amide bonds. The van der Waals surface area contributed by atoms with E-state index in [1.165, 1.54) is 12.1 Å². The van der Waals surface area contributed by atoms with Crippen LogP contribution < -0.4 is 9.64 Å². The SMILES string of the molecule is O=C(O)COc1ccc(N2C(=O)C3CCC(O3)C2=O)cc1. The third kappa shape index (κ3) is 2.47. The highest BCUT2D eigenvalue weighted by Gasteiger charge is 2.47. The zero-order valence-electron chi connectivity index (χ0n) is 11.0. The minimum atomic E-state index is -1.07. The molecule has 0 aromatic heterocycles. The second-order valence-corrected chi connectivity index (χ2v) is 4.88. The van der Waals surface area contributed by atoms with Crippen LogP contribution in [0.3, 0.4) is 0 Å². The standard InChI is InChI=1S/C14H13NO6/c16-12(17)7-20-9-3-1-8(2-4-9)15-13(18)10-5-6-11(21-10)14(15)19/h1-4,10-11H,5-7H2,(H,16,17). The second-order valence-electron chi connectivity index (χ2n) is 4.88. The number of amides is 2. The van der Waals surface area contributed by atoms with Crippen LogP contribution in [0.4, 0.5) is 5.69 Å². The molecule has 0 spiro atoms. The van der Waals surface area contributed by atoms with Crippen LogP contribution in [0.25, 0.3) is 0 Å². The number of imide groups is 1. The van der Waals surface area contributed by atoms with Gasteiger partial charge in [-0.25, -0.2) is 9.69 Å². The third-order valence-corrected chi connectivity index (χ3v) is 3.47. The fourth-order valence-corrected chi connectivity index (χ4v) is 2.49. The number of fused-ring (bicyclic) bond motifs is 2. The predicted octanol–water partition coefficient (Wildman–Crippen LogP) is 0.571. The van der Waals surface area contributed by atoms with E-state index in [1.54, 1.807) is 12.1 Å². The van der Waals surface area contributed by atoms with Crippen LogP contribution in [-0.2, 0) is 19.1 Å². The first-order chi connectivity index (χ1) is 10.1. The Balaban J connectivity index is 1.78. The Morgan fingerprint density at radius 1 is 1.19 bits per heavy atom. The molecule has 2 unspecified atom stereocenters. The molecule has 7 nitrogen and oxygen atoms in total. The van der Waals surface area contributed by atoms with Crippen molar-refractivity contribution in [2.75, 3.05) is 11.5 Å². The van der Waals surface area contributed by atoms with Gasteiger partial charge in [0.2, 0.25) is 0 Å². The fourth-order valence-electron chi connectivity index (χ4n) is 2.49. The quantitative estimate of drug-likeness (QED) is 0.815. The zero-order valence-corrected chi connectivity index (χ0v) is 11.0. The molecule has 2 bridgehead atoms. The van der Waals surface area contributed by atoms with E-state index in [2.05, 4.69) is 0 Å². The number of aliphatic carboxylic acids is 1. The molecule has 21 heavy (non-hydrogen) atoms. The molecule has 110 valence electrons. The normalized spacial score (nSPS) is 24.3. The Hall–Kier alpha value is -2.41. The first kappa shape index (κ1) is 13.6. The summed E-state index contributed by atoms with van der Waals surface area (Å²) in [5, 5.41) is 8.53. The number of nitrogens with zero attached hydrogens (tertiary/aromatic N) is 1. The summed E-state index contributed by atoms with van der Waals surface area (Å²) in [7, 11) is 0. The van der Waals surface area contributed by atoms with E-state index in [-0.39, 0.29) is 11.8 Å². The molecule has 2 heterocycles. The van der Waals surface area contributed by atoms with Crippen molar-refractivity contribution < 1.29 is 29.0 Å². The number of hydrogen-bond acceptors (Lipinski definition) is 5. The van der Waals surface area contributed by atoms with Crippen LogP contribution in [0.5, 0.6) is 5.75 Å². The van der Waals surface area contributed by atoms with Gasteiger partial charge in [0.1, 0.15) is 18.0 Å². The van der Waals surface area contributed by atoms with Crippen molar-refractivity contribution in [2.24, 2.45) is 0 Å². The number of carboxylic acid groups (broad SMARTS) is 1. The number of ether oxygens (including phenoxy) is 2. The number of morpholine rings is 1. The van der Waals surface area contributed by atoms with E-state index in [0.717, 1.165) is 4.90 Å². The number of carboxylic acids is 1. The maximum Gasteiger partial charge on any atom is 0.341 e. The number of benzene rings is 1. The van der Waals surface area contributed by atoms with Gasteiger partial charge in [0.05, 0.1) is 5.69 Å². The van der Waals surface area contributed by atoms with Crippen molar-refractivity contribution in [3.8, 4) is 5.75 Å². The first-order valence-corrected chi connectivity index (χ1v) is 6.54. The van der Waals surface area contributed by atoms with E-state index in [0.29, 0.717) is 24.3 Å². The highest BCUT2D eigenvalue weighted by molar-refractivity contribution is 6.19. The van der Waals surface area contributed by atoms with Crippen molar-refractivity contribution in [3.05, 3.63) is 24.3 Å². The van der Waals surface area contributed by atoms with Gasteiger partial charge in [-0.05, 0) is 37.1 Å². The Kier molecular flexibility index (Phi) is 3.34. The fraction of sp³-hybridized carbons (Fsp3) is 0.357. The summed E-state index contributed by atoms with van der Waals surface area (Å²) < 4.78 is 10.3. The van der Waals surface area contributed by atoms with Crippen LogP contribution in [0.2, 0.25) is 0 Å². The lowest BCUT2D eigenvalue weighted by Gasteiger charge is -2.29. The topological polar surface area (TPSA) is 93.1 Å². The van der Waals surface area contributed by atoms with Crippen LogP contribution in [0, 0.1) is 0 Å². The van der Waals surface area contributed by atoms with Gasteiger partial charge >= 0.3 is 5.97 Å². The van der Waals surface area contributed by atoms with Gasteiger partial charge in [-0.3, -0.25) is 9.59 Å². The van der Waals surface area contributed by atoms with Crippen molar-refractivity contribution in [3.63, 3.8) is 0 Å². The molecule has 7 heteroatoms. The molecule has 3 rings (SSSR count). The van der Waals surface area contributed by atoms with E-state index >= 15 is 0 Å². The van der Waals surface area contributed by atoms with Crippen molar-refractivity contribution in [1.82, 2.24) is 0 Å². The maximum absolute atomic E-state index is 12.2. The molecular weight excluding hydrogens is 278 g/mol. The lowest BCUT2D eigenvalue weighted by atomic mass is 10.2. The van der Waals surface area contributed by atoms with E-state index in [1.807, 2.05) is 0 Å². The number of rotatable bonds is 4. The lowest BCUT2D eigenvalue weighted by Crippen LogP contribution is -2.52. The average molecular weight is 291 g/mol. The van der Waals surface area contributed by atoms with Crippen LogP contribution in [0.15, 0.2) is 24.3 Å². The molecule has 2 aliphatic rings. The molecule has 0 radical (unpaired) electrons. The molecule has 1 aromatic rings. The minimum Gasteiger partial charge on any atom is -0.482 e. The third-order valence-electron chi connectivity index (χ3n) is 3.47. The first-order valence-electron chi connectivity index (χ1n) is 6.54. The number of hydrogen-bond donors (Lipinski definition) is 1. The Bertz CT molecular complexity index is 574. The van der Waals surface area contributed by atoms with Gasteiger partial charge in [0.25, 0.3) is 11.8 Å². The Morgan fingerprint density at radius 3 is 2.29 bits per heavy atom. The van der Waals surface area contributed by atoms with Crippen molar-refractivity contribution >= 4 is 23.5 Å².